The Morgan fingerprint density at radius 3 is 2.70 bits per heavy atom. The molecule has 54 valence electrons. The van der Waals surface area contributed by atoms with Crippen LogP contribution in [-0.4, -0.2) is 0 Å². The standard InChI is InChI=1S/C8H9IS/c1-2-6-3-4-7(9)8(10)5-6/h3-5,10H,2H2,1H3. The van der Waals surface area contributed by atoms with Crippen LogP contribution in [0.4, 0.5) is 0 Å². The SMILES string of the molecule is CCc1ccc(I)c(S)c1. The van der Waals surface area contributed by atoms with Crippen LogP contribution in [0.15, 0.2) is 23.1 Å². The van der Waals surface area contributed by atoms with Gasteiger partial charge in [-0.25, -0.2) is 0 Å². The van der Waals surface area contributed by atoms with Crippen molar-refractivity contribution in [3.05, 3.63) is 27.3 Å². The Morgan fingerprint density at radius 1 is 1.50 bits per heavy atom. The highest BCUT2D eigenvalue weighted by molar-refractivity contribution is 14.1. The van der Waals surface area contributed by atoms with E-state index in [4.69, 9.17) is 0 Å². The molecule has 0 nitrogen and oxygen atoms in total. The van der Waals surface area contributed by atoms with E-state index >= 15 is 0 Å². The van der Waals surface area contributed by atoms with Crippen LogP contribution < -0.4 is 0 Å². The molecule has 0 N–H and O–H groups in total. The summed E-state index contributed by atoms with van der Waals surface area (Å²) in [5.74, 6) is 0. The number of halogens is 1. The Balaban J connectivity index is 3.04. The normalized spacial score (nSPS) is 9.90. The second-order valence-electron chi connectivity index (χ2n) is 2.14. The summed E-state index contributed by atoms with van der Waals surface area (Å²) in [5, 5.41) is 0. The van der Waals surface area contributed by atoms with Crippen LogP contribution in [0.1, 0.15) is 12.5 Å². The molecule has 1 aromatic carbocycles. The molecule has 2 heteroatoms. The number of benzene rings is 1. The fraction of sp³-hybridized carbons (Fsp3) is 0.250. The second-order valence-corrected chi connectivity index (χ2v) is 3.78. The molecule has 0 unspecified atom stereocenters. The van der Waals surface area contributed by atoms with Gasteiger partial charge in [0.1, 0.15) is 0 Å². The third-order valence-corrected chi connectivity index (χ3v) is 3.16. The minimum Gasteiger partial charge on any atom is -0.142 e. The monoisotopic (exact) mass is 264 g/mol. The lowest BCUT2D eigenvalue weighted by molar-refractivity contribution is 1.12. The van der Waals surface area contributed by atoms with Gasteiger partial charge in [-0.15, -0.1) is 12.6 Å². The topological polar surface area (TPSA) is 0 Å². The molecule has 0 aliphatic rings. The van der Waals surface area contributed by atoms with E-state index in [1.54, 1.807) is 0 Å². The number of hydrogen-bond acceptors (Lipinski definition) is 1. The van der Waals surface area contributed by atoms with E-state index in [0.29, 0.717) is 0 Å². The molecule has 1 aromatic rings. The van der Waals surface area contributed by atoms with Gasteiger partial charge in [0.15, 0.2) is 0 Å². The van der Waals surface area contributed by atoms with Crippen molar-refractivity contribution in [1.29, 1.82) is 0 Å². The van der Waals surface area contributed by atoms with Crippen molar-refractivity contribution in [2.45, 2.75) is 18.2 Å². The first kappa shape index (κ1) is 8.40. The summed E-state index contributed by atoms with van der Waals surface area (Å²) in [4.78, 5) is 1.08. The van der Waals surface area contributed by atoms with Crippen LogP contribution in [0.2, 0.25) is 0 Å². The van der Waals surface area contributed by atoms with Crippen LogP contribution in [-0.2, 0) is 6.42 Å². The number of hydrogen-bond donors (Lipinski definition) is 1. The maximum Gasteiger partial charge on any atom is 0.0263 e. The third kappa shape index (κ3) is 1.89. The average molecular weight is 264 g/mol. The third-order valence-electron chi connectivity index (χ3n) is 1.42. The molecule has 0 saturated carbocycles. The van der Waals surface area contributed by atoms with Crippen molar-refractivity contribution in [3.63, 3.8) is 0 Å². The lowest BCUT2D eigenvalue weighted by Gasteiger charge is -1.99. The Hall–Kier alpha value is 0.300. The highest BCUT2D eigenvalue weighted by Crippen LogP contribution is 2.17. The van der Waals surface area contributed by atoms with Crippen molar-refractivity contribution in [3.8, 4) is 0 Å². The van der Waals surface area contributed by atoms with E-state index in [0.717, 1.165) is 11.3 Å². The van der Waals surface area contributed by atoms with Crippen LogP contribution in [0.5, 0.6) is 0 Å². The van der Waals surface area contributed by atoms with E-state index in [-0.39, 0.29) is 0 Å². The van der Waals surface area contributed by atoms with Crippen LogP contribution in [0.25, 0.3) is 0 Å². The maximum atomic E-state index is 4.31. The molecule has 0 aliphatic heterocycles. The quantitative estimate of drug-likeness (QED) is 0.584. The molecule has 0 radical (unpaired) electrons. The molecule has 0 heterocycles. The first-order valence-electron chi connectivity index (χ1n) is 3.21. The van der Waals surface area contributed by atoms with Gasteiger partial charge >= 0.3 is 0 Å². The van der Waals surface area contributed by atoms with Gasteiger partial charge in [0, 0.05) is 8.47 Å². The zero-order valence-corrected chi connectivity index (χ0v) is 8.82. The van der Waals surface area contributed by atoms with Crippen LogP contribution in [0, 0.1) is 3.57 Å². The lowest BCUT2D eigenvalue weighted by atomic mass is 10.2. The highest BCUT2D eigenvalue weighted by atomic mass is 127. The summed E-state index contributed by atoms with van der Waals surface area (Å²) in [7, 11) is 0. The summed E-state index contributed by atoms with van der Waals surface area (Å²) in [5.41, 5.74) is 1.35. The van der Waals surface area contributed by atoms with E-state index in [1.165, 1.54) is 9.13 Å². The first-order valence-corrected chi connectivity index (χ1v) is 4.74. The molecule has 0 bridgehead atoms. The summed E-state index contributed by atoms with van der Waals surface area (Å²) >= 11 is 6.59. The van der Waals surface area contributed by atoms with Gasteiger partial charge in [0.05, 0.1) is 0 Å². The van der Waals surface area contributed by atoms with E-state index in [9.17, 15) is 0 Å². The zero-order valence-electron chi connectivity index (χ0n) is 5.76. The number of aryl methyl sites for hydroxylation is 1. The molecule has 10 heavy (non-hydrogen) atoms. The molecular weight excluding hydrogens is 255 g/mol. The molecule has 0 saturated heterocycles. The molecule has 0 spiro atoms. The van der Waals surface area contributed by atoms with Crippen molar-refractivity contribution in [2.24, 2.45) is 0 Å². The highest BCUT2D eigenvalue weighted by Gasteiger charge is 1.94. The predicted octanol–water partition coefficient (Wildman–Crippen LogP) is 3.14. The number of rotatable bonds is 1. The maximum absolute atomic E-state index is 4.31. The van der Waals surface area contributed by atoms with Crippen molar-refractivity contribution < 1.29 is 0 Å². The first-order chi connectivity index (χ1) is 4.74. The molecule has 0 aliphatic carbocycles. The summed E-state index contributed by atoms with van der Waals surface area (Å²) in [6.45, 7) is 2.15. The fourth-order valence-electron chi connectivity index (χ4n) is 0.778. The van der Waals surface area contributed by atoms with Crippen LogP contribution >= 0.6 is 35.2 Å². The molecule has 0 atom stereocenters. The Bertz CT molecular complexity index is 233. The van der Waals surface area contributed by atoms with Gasteiger partial charge in [-0.05, 0) is 46.7 Å². The summed E-state index contributed by atoms with van der Waals surface area (Å²) in [6.07, 6.45) is 1.09. The molecule has 0 amide bonds. The van der Waals surface area contributed by atoms with Crippen molar-refractivity contribution >= 4 is 35.2 Å². The van der Waals surface area contributed by atoms with E-state index in [2.05, 4.69) is 60.3 Å². The minimum atomic E-state index is 1.08. The van der Waals surface area contributed by atoms with Crippen molar-refractivity contribution in [1.82, 2.24) is 0 Å². The molecule has 0 aromatic heterocycles. The number of thiol groups is 1. The van der Waals surface area contributed by atoms with E-state index in [1.807, 2.05) is 0 Å². The van der Waals surface area contributed by atoms with Gasteiger partial charge < -0.3 is 0 Å². The van der Waals surface area contributed by atoms with Crippen molar-refractivity contribution in [2.75, 3.05) is 0 Å². The van der Waals surface area contributed by atoms with Gasteiger partial charge in [-0.3, -0.25) is 0 Å². The van der Waals surface area contributed by atoms with Gasteiger partial charge in [-0.2, -0.15) is 0 Å². The molecule has 0 fully saturated rings. The Kier molecular flexibility index (Phi) is 3.04. The predicted molar refractivity (Wildman–Crippen MR) is 55.8 cm³/mol. The van der Waals surface area contributed by atoms with Gasteiger partial charge in [0.2, 0.25) is 0 Å². The zero-order chi connectivity index (χ0) is 7.56. The second kappa shape index (κ2) is 3.62. The summed E-state index contributed by atoms with van der Waals surface area (Å²) < 4.78 is 1.22. The smallest absolute Gasteiger partial charge is 0.0263 e. The van der Waals surface area contributed by atoms with E-state index < -0.39 is 0 Å². The Morgan fingerprint density at radius 2 is 2.20 bits per heavy atom. The fourth-order valence-corrected chi connectivity index (χ4v) is 1.35. The largest absolute Gasteiger partial charge is 0.142 e. The van der Waals surface area contributed by atoms with Gasteiger partial charge in [-0.1, -0.05) is 13.0 Å². The van der Waals surface area contributed by atoms with Gasteiger partial charge in [0.25, 0.3) is 0 Å². The lowest BCUT2D eigenvalue weighted by Crippen LogP contribution is -1.81. The summed E-state index contributed by atoms with van der Waals surface area (Å²) in [6, 6.07) is 6.36. The van der Waals surface area contributed by atoms with Crippen LogP contribution in [0.3, 0.4) is 0 Å². The molecule has 1 rings (SSSR count). The minimum absolute atomic E-state index is 1.08. The average Bonchev–Trinajstić information content (AvgIpc) is 1.95. The molecular formula is C8H9IS. The Labute approximate surface area is 80.6 Å².